The minimum Gasteiger partial charge on any atom is -0.495 e. The average Bonchev–Trinajstić information content (AvgIpc) is 2.60. The van der Waals surface area contributed by atoms with Crippen molar-refractivity contribution in [2.45, 2.75) is 0 Å². The fourth-order valence-corrected chi connectivity index (χ4v) is 3.10. The van der Waals surface area contributed by atoms with E-state index in [-0.39, 0.29) is 0 Å². The van der Waals surface area contributed by atoms with Crippen LogP contribution >= 0.6 is 15.9 Å². The van der Waals surface area contributed by atoms with Crippen molar-refractivity contribution >= 4 is 27.8 Å². The third kappa shape index (κ3) is 4.05. The number of anilines is 1. The second-order valence-corrected chi connectivity index (χ2v) is 6.33. The van der Waals surface area contributed by atoms with Crippen molar-refractivity contribution < 1.29 is 4.74 Å². The Morgan fingerprint density at radius 3 is 2.57 bits per heavy atom. The van der Waals surface area contributed by atoms with Gasteiger partial charge < -0.3 is 9.64 Å². The van der Waals surface area contributed by atoms with Crippen LogP contribution in [0.15, 0.2) is 58.1 Å². The molecule has 0 amide bonds. The lowest BCUT2D eigenvalue weighted by atomic mass is 10.2. The first kappa shape index (κ1) is 15.9. The highest BCUT2D eigenvalue weighted by atomic mass is 79.9. The monoisotopic (exact) mass is 373 g/mol. The number of hydrogen-bond acceptors (Lipinski definition) is 4. The summed E-state index contributed by atoms with van der Waals surface area (Å²) < 4.78 is 6.52. The van der Waals surface area contributed by atoms with E-state index in [1.807, 2.05) is 30.5 Å². The Balaban J connectivity index is 1.60. The summed E-state index contributed by atoms with van der Waals surface area (Å²) in [4.78, 5) is 2.35. The number of para-hydroxylation sites is 2. The van der Waals surface area contributed by atoms with E-state index in [1.165, 1.54) is 0 Å². The molecule has 0 spiro atoms. The van der Waals surface area contributed by atoms with Crippen molar-refractivity contribution in [3.8, 4) is 5.75 Å². The smallest absolute Gasteiger partial charge is 0.142 e. The van der Waals surface area contributed by atoms with Crippen LogP contribution in [0.4, 0.5) is 5.69 Å². The van der Waals surface area contributed by atoms with Gasteiger partial charge in [0.2, 0.25) is 0 Å². The number of benzene rings is 2. The molecule has 1 saturated heterocycles. The lowest BCUT2D eigenvalue weighted by Crippen LogP contribution is -2.44. The van der Waals surface area contributed by atoms with Gasteiger partial charge in [0.25, 0.3) is 0 Å². The van der Waals surface area contributed by atoms with Crippen molar-refractivity contribution in [2.75, 3.05) is 38.2 Å². The molecule has 1 fully saturated rings. The summed E-state index contributed by atoms with van der Waals surface area (Å²) in [5, 5.41) is 6.71. The largest absolute Gasteiger partial charge is 0.495 e. The normalized spacial score (nSPS) is 15.2. The van der Waals surface area contributed by atoms with Gasteiger partial charge in [-0.2, -0.15) is 5.10 Å². The summed E-state index contributed by atoms with van der Waals surface area (Å²) in [5.74, 6) is 0.929. The maximum atomic E-state index is 5.45. The predicted molar refractivity (Wildman–Crippen MR) is 98.5 cm³/mol. The molecule has 23 heavy (non-hydrogen) atoms. The van der Waals surface area contributed by atoms with Crippen LogP contribution in [-0.4, -0.2) is 44.5 Å². The highest BCUT2D eigenvalue weighted by Gasteiger charge is 2.18. The molecule has 5 heteroatoms. The first-order valence-electron chi connectivity index (χ1n) is 7.69. The Labute approximate surface area is 145 Å². The number of halogens is 1. The highest BCUT2D eigenvalue weighted by molar-refractivity contribution is 9.10. The van der Waals surface area contributed by atoms with E-state index in [2.05, 4.69) is 55.2 Å². The molecule has 0 aromatic heterocycles. The third-order valence-electron chi connectivity index (χ3n) is 3.90. The molecule has 0 atom stereocenters. The number of rotatable bonds is 4. The SMILES string of the molecule is COc1ccccc1N1CCN(/N=C/c2cccc(Br)c2)CC1. The molecule has 0 aliphatic carbocycles. The average molecular weight is 374 g/mol. The molecular weight excluding hydrogens is 354 g/mol. The van der Waals surface area contributed by atoms with Gasteiger partial charge in [-0.3, -0.25) is 5.01 Å². The highest BCUT2D eigenvalue weighted by Crippen LogP contribution is 2.28. The standard InChI is InChI=1S/C18H20BrN3O/c1-23-18-8-3-2-7-17(18)21-9-11-22(12-10-21)20-14-15-5-4-6-16(19)13-15/h2-8,13-14H,9-12H2,1H3/b20-14+. The van der Waals surface area contributed by atoms with Gasteiger partial charge in [0.15, 0.2) is 0 Å². The molecular formula is C18H20BrN3O. The van der Waals surface area contributed by atoms with E-state index in [9.17, 15) is 0 Å². The van der Waals surface area contributed by atoms with Crippen molar-refractivity contribution in [1.29, 1.82) is 0 Å². The van der Waals surface area contributed by atoms with Gasteiger partial charge in [0, 0.05) is 17.6 Å². The van der Waals surface area contributed by atoms with E-state index in [1.54, 1.807) is 7.11 Å². The minimum absolute atomic E-state index is 0.905. The van der Waals surface area contributed by atoms with Gasteiger partial charge in [0.05, 0.1) is 32.1 Å². The summed E-state index contributed by atoms with van der Waals surface area (Å²) in [5.41, 5.74) is 2.26. The van der Waals surface area contributed by atoms with Crippen molar-refractivity contribution in [3.63, 3.8) is 0 Å². The maximum Gasteiger partial charge on any atom is 0.142 e. The van der Waals surface area contributed by atoms with Crippen molar-refractivity contribution in [2.24, 2.45) is 5.10 Å². The van der Waals surface area contributed by atoms with Crippen LogP contribution in [0.3, 0.4) is 0 Å². The fraction of sp³-hybridized carbons (Fsp3) is 0.278. The summed E-state index contributed by atoms with van der Waals surface area (Å²) in [7, 11) is 1.72. The number of piperazine rings is 1. The summed E-state index contributed by atoms with van der Waals surface area (Å²) in [6.07, 6.45) is 1.92. The van der Waals surface area contributed by atoms with Gasteiger partial charge in [-0.1, -0.05) is 40.2 Å². The van der Waals surface area contributed by atoms with E-state index < -0.39 is 0 Å². The van der Waals surface area contributed by atoms with Crippen LogP contribution in [0.5, 0.6) is 5.75 Å². The molecule has 0 radical (unpaired) electrons. The molecule has 0 unspecified atom stereocenters. The van der Waals surface area contributed by atoms with Crippen LogP contribution in [0, 0.1) is 0 Å². The van der Waals surface area contributed by atoms with Crippen molar-refractivity contribution in [1.82, 2.24) is 5.01 Å². The van der Waals surface area contributed by atoms with Gasteiger partial charge in [-0.15, -0.1) is 0 Å². The zero-order valence-corrected chi connectivity index (χ0v) is 14.7. The van der Waals surface area contributed by atoms with Crippen LogP contribution in [-0.2, 0) is 0 Å². The number of nitrogens with zero attached hydrogens (tertiary/aromatic N) is 3. The van der Waals surface area contributed by atoms with E-state index in [0.29, 0.717) is 0 Å². The number of hydrogen-bond donors (Lipinski definition) is 0. The minimum atomic E-state index is 0.905. The second kappa shape index (κ2) is 7.51. The molecule has 1 aliphatic rings. The first-order valence-corrected chi connectivity index (χ1v) is 8.48. The zero-order chi connectivity index (χ0) is 16.1. The van der Waals surface area contributed by atoms with Crippen LogP contribution in [0.1, 0.15) is 5.56 Å². The molecule has 1 aliphatic heterocycles. The van der Waals surface area contributed by atoms with Gasteiger partial charge in [-0.25, -0.2) is 0 Å². The van der Waals surface area contributed by atoms with Crippen LogP contribution < -0.4 is 9.64 Å². The third-order valence-corrected chi connectivity index (χ3v) is 4.39. The Morgan fingerprint density at radius 2 is 1.83 bits per heavy atom. The fourth-order valence-electron chi connectivity index (χ4n) is 2.68. The molecule has 0 bridgehead atoms. The van der Waals surface area contributed by atoms with E-state index in [0.717, 1.165) is 47.7 Å². The lowest BCUT2D eigenvalue weighted by molar-refractivity contribution is 0.271. The van der Waals surface area contributed by atoms with E-state index in [4.69, 9.17) is 4.74 Å². The van der Waals surface area contributed by atoms with E-state index >= 15 is 0 Å². The number of hydrazone groups is 1. The Kier molecular flexibility index (Phi) is 5.18. The molecule has 0 N–H and O–H groups in total. The first-order chi connectivity index (χ1) is 11.3. The Hall–Kier alpha value is -2.01. The summed E-state index contributed by atoms with van der Waals surface area (Å²) >= 11 is 3.48. The van der Waals surface area contributed by atoms with Crippen LogP contribution in [0.2, 0.25) is 0 Å². The maximum absolute atomic E-state index is 5.45. The zero-order valence-electron chi connectivity index (χ0n) is 13.2. The predicted octanol–water partition coefficient (Wildman–Crippen LogP) is 3.61. The van der Waals surface area contributed by atoms with Gasteiger partial charge >= 0.3 is 0 Å². The second-order valence-electron chi connectivity index (χ2n) is 5.41. The van der Waals surface area contributed by atoms with Crippen molar-refractivity contribution in [3.05, 3.63) is 58.6 Å². The molecule has 2 aromatic carbocycles. The van der Waals surface area contributed by atoms with Gasteiger partial charge in [0.1, 0.15) is 5.75 Å². The quantitative estimate of drug-likeness (QED) is 0.766. The lowest BCUT2D eigenvalue weighted by Gasteiger charge is -2.35. The number of ether oxygens (including phenoxy) is 1. The molecule has 0 saturated carbocycles. The Bertz CT molecular complexity index is 681. The molecule has 4 nitrogen and oxygen atoms in total. The topological polar surface area (TPSA) is 28.1 Å². The Morgan fingerprint density at radius 1 is 1.04 bits per heavy atom. The van der Waals surface area contributed by atoms with Crippen LogP contribution in [0.25, 0.3) is 0 Å². The molecule has 3 rings (SSSR count). The summed E-state index contributed by atoms with van der Waals surface area (Å²) in [6, 6.07) is 16.3. The molecule has 1 heterocycles. The number of methoxy groups -OCH3 is 1. The summed E-state index contributed by atoms with van der Waals surface area (Å²) in [6.45, 7) is 3.69. The molecule has 120 valence electrons. The molecule has 2 aromatic rings. The van der Waals surface area contributed by atoms with Gasteiger partial charge in [-0.05, 0) is 29.8 Å².